The maximum absolute atomic E-state index is 13.1. The van der Waals surface area contributed by atoms with E-state index in [9.17, 15) is 10.1 Å². The van der Waals surface area contributed by atoms with Gasteiger partial charge in [0.2, 0.25) is 0 Å². The molecule has 0 bridgehead atoms. The zero-order valence-electron chi connectivity index (χ0n) is 19.8. The Morgan fingerprint density at radius 1 is 1.19 bits per heavy atom. The van der Waals surface area contributed by atoms with Gasteiger partial charge >= 0.3 is 0 Å². The normalized spacial score (nSPS) is 15.6. The van der Waals surface area contributed by atoms with E-state index in [1.54, 1.807) is 18.1 Å². The fraction of sp³-hybridized carbons (Fsp3) is 0.500. The van der Waals surface area contributed by atoms with E-state index >= 15 is 0 Å². The number of anilines is 1. The second kappa shape index (κ2) is 9.96. The van der Waals surface area contributed by atoms with Crippen LogP contribution in [0.4, 0.5) is 5.82 Å². The summed E-state index contributed by atoms with van der Waals surface area (Å²) < 4.78 is 7.47. The Hall–Kier alpha value is -3.18. The topological polar surface area (TPSA) is 87.3 Å². The van der Waals surface area contributed by atoms with Gasteiger partial charge in [0, 0.05) is 56.4 Å². The maximum Gasteiger partial charge on any atom is 0.264 e. The summed E-state index contributed by atoms with van der Waals surface area (Å²) >= 11 is 0. The number of nitrogens with zero attached hydrogens (tertiary/aromatic N) is 6. The van der Waals surface area contributed by atoms with E-state index in [4.69, 9.17) is 4.74 Å². The maximum atomic E-state index is 13.1. The van der Waals surface area contributed by atoms with E-state index in [-0.39, 0.29) is 17.5 Å². The van der Waals surface area contributed by atoms with Crippen LogP contribution in [0.15, 0.2) is 17.7 Å². The molecule has 1 aliphatic heterocycles. The van der Waals surface area contributed by atoms with Gasteiger partial charge in [-0.2, -0.15) is 5.26 Å². The lowest BCUT2D eigenvalue weighted by molar-refractivity contribution is -0.126. The Balaban J connectivity index is 1.74. The second-order valence-corrected chi connectivity index (χ2v) is 8.36. The number of aromatic nitrogens is 3. The summed E-state index contributed by atoms with van der Waals surface area (Å²) in [6.07, 6.45) is 1.71. The molecule has 1 atom stereocenters. The molecule has 0 saturated carbocycles. The van der Waals surface area contributed by atoms with Crippen molar-refractivity contribution in [2.75, 3.05) is 44.8 Å². The first-order valence-electron chi connectivity index (χ1n) is 10.9. The summed E-state index contributed by atoms with van der Waals surface area (Å²) in [7, 11) is 1.69. The Morgan fingerprint density at radius 2 is 1.88 bits per heavy atom. The van der Waals surface area contributed by atoms with Crippen molar-refractivity contribution in [1.82, 2.24) is 19.4 Å². The molecule has 1 unspecified atom stereocenters. The molecule has 0 radical (unpaired) electrons. The lowest BCUT2D eigenvalue weighted by atomic mass is 10.1. The lowest BCUT2D eigenvalue weighted by Gasteiger charge is -2.35. The minimum absolute atomic E-state index is 0.159. The molecule has 2 aromatic rings. The fourth-order valence-electron chi connectivity index (χ4n) is 4.41. The molecule has 0 N–H and O–H groups in total. The number of carbonyl (C=O) groups excluding carboxylic acids is 1. The van der Waals surface area contributed by atoms with Crippen LogP contribution >= 0.6 is 0 Å². The van der Waals surface area contributed by atoms with Crippen molar-refractivity contribution in [1.29, 1.82) is 5.26 Å². The van der Waals surface area contributed by atoms with Gasteiger partial charge in [0.05, 0.1) is 12.6 Å². The van der Waals surface area contributed by atoms with E-state index in [1.165, 1.54) is 0 Å². The number of methoxy groups -OCH3 is 1. The standard InChI is InChI=1S/C24H32N6O2/c1-16-11-23(27-20(5)26-16)28-7-9-29(10-8-28)24(31)22(14-25)13-21-12-17(2)30(19(21)4)18(3)15-32-6/h11-13,18H,7-10,15H2,1-6H3/b22-13+. The Kier molecular flexibility index (Phi) is 7.31. The highest BCUT2D eigenvalue weighted by atomic mass is 16.5. The number of aryl methyl sites for hydroxylation is 3. The van der Waals surface area contributed by atoms with Gasteiger partial charge in [0.25, 0.3) is 5.91 Å². The van der Waals surface area contributed by atoms with Gasteiger partial charge in [0.15, 0.2) is 0 Å². The van der Waals surface area contributed by atoms with Crippen LogP contribution in [0, 0.1) is 39.0 Å². The van der Waals surface area contributed by atoms with Gasteiger partial charge in [-0.15, -0.1) is 0 Å². The molecule has 170 valence electrons. The summed E-state index contributed by atoms with van der Waals surface area (Å²) in [4.78, 5) is 25.8. The average Bonchev–Trinajstić information content (AvgIpc) is 3.04. The Bertz CT molecular complexity index is 1040. The molecule has 0 spiro atoms. The van der Waals surface area contributed by atoms with E-state index in [1.807, 2.05) is 39.8 Å². The molecule has 1 amide bonds. The summed E-state index contributed by atoms with van der Waals surface area (Å²) in [5, 5.41) is 9.72. The van der Waals surface area contributed by atoms with Gasteiger partial charge in [-0.25, -0.2) is 9.97 Å². The Labute approximate surface area is 190 Å². The van der Waals surface area contributed by atoms with Crippen LogP contribution in [0.25, 0.3) is 6.08 Å². The molecule has 3 heterocycles. The molecule has 1 aliphatic rings. The van der Waals surface area contributed by atoms with Crippen LogP contribution in [0.3, 0.4) is 0 Å². The first-order chi connectivity index (χ1) is 15.2. The predicted molar refractivity (Wildman–Crippen MR) is 124 cm³/mol. The smallest absolute Gasteiger partial charge is 0.264 e. The van der Waals surface area contributed by atoms with Crippen molar-refractivity contribution < 1.29 is 9.53 Å². The molecule has 1 fully saturated rings. The molecule has 8 nitrogen and oxygen atoms in total. The highest BCUT2D eigenvalue weighted by molar-refractivity contribution is 6.02. The number of hydrogen-bond acceptors (Lipinski definition) is 6. The van der Waals surface area contributed by atoms with Gasteiger partial charge in [-0.1, -0.05) is 0 Å². The minimum Gasteiger partial charge on any atom is -0.383 e. The number of piperazine rings is 1. The van der Waals surface area contributed by atoms with Gasteiger partial charge < -0.3 is 19.1 Å². The molecular weight excluding hydrogens is 404 g/mol. The molecule has 0 aromatic carbocycles. The fourth-order valence-corrected chi connectivity index (χ4v) is 4.41. The predicted octanol–water partition coefficient (Wildman–Crippen LogP) is 2.97. The molecule has 32 heavy (non-hydrogen) atoms. The number of hydrogen-bond donors (Lipinski definition) is 0. The van der Waals surface area contributed by atoms with Crippen LogP contribution in [0.2, 0.25) is 0 Å². The molecule has 3 rings (SSSR count). The second-order valence-electron chi connectivity index (χ2n) is 8.36. The number of amides is 1. The number of rotatable bonds is 6. The quantitative estimate of drug-likeness (QED) is 0.511. The lowest BCUT2D eigenvalue weighted by Crippen LogP contribution is -2.49. The molecule has 2 aromatic heterocycles. The van der Waals surface area contributed by atoms with E-state index in [2.05, 4.69) is 32.4 Å². The highest BCUT2D eigenvalue weighted by Crippen LogP contribution is 2.23. The monoisotopic (exact) mass is 436 g/mol. The van der Waals surface area contributed by atoms with Gasteiger partial charge in [0.1, 0.15) is 23.3 Å². The van der Waals surface area contributed by atoms with Crippen molar-refractivity contribution >= 4 is 17.8 Å². The van der Waals surface area contributed by atoms with Crippen LogP contribution in [0.1, 0.15) is 41.4 Å². The van der Waals surface area contributed by atoms with E-state index in [0.717, 1.165) is 34.3 Å². The number of nitriles is 1. The van der Waals surface area contributed by atoms with Crippen molar-refractivity contribution in [2.24, 2.45) is 0 Å². The summed E-state index contributed by atoms with van der Waals surface area (Å²) in [6.45, 7) is 13.0. The SMILES string of the molecule is COCC(C)n1c(C)cc(/C=C(\C#N)C(=O)N2CCN(c3cc(C)nc(C)n3)CC2)c1C. The van der Waals surface area contributed by atoms with Crippen molar-refractivity contribution in [3.8, 4) is 6.07 Å². The van der Waals surface area contributed by atoms with Crippen LogP contribution in [-0.4, -0.2) is 65.2 Å². The summed E-state index contributed by atoms with van der Waals surface area (Å²) in [6, 6.07) is 6.27. The number of carbonyl (C=O) groups is 1. The molecule has 8 heteroatoms. The van der Waals surface area contributed by atoms with Crippen molar-refractivity contribution in [3.63, 3.8) is 0 Å². The van der Waals surface area contributed by atoms with Crippen LogP contribution in [-0.2, 0) is 9.53 Å². The van der Waals surface area contributed by atoms with Crippen LogP contribution in [0.5, 0.6) is 0 Å². The summed E-state index contributed by atoms with van der Waals surface area (Å²) in [5.41, 5.74) is 4.07. The van der Waals surface area contributed by atoms with Gasteiger partial charge in [-0.05, 0) is 52.3 Å². The zero-order valence-corrected chi connectivity index (χ0v) is 19.8. The highest BCUT2D eigenvalue weighted by Gasteiger charge is 2.25. The van der Waals surface area contributed by atoms with Crippen molar-refractivity contribution in [2.45, 2.75) is 40.7 Å². The van der Waals surface area contributed by atoms with E-state index in [0.29, 0.717) is 32.8 Å². The first kappa shape index (κ1) is 23.5. The zero-order chi connectivity index (χ0) is 23.4. The third kappa shape index (κ3) is 5.00. The number of ether oxygens (including phenoxy) is 1. The molecule has 1 saturated heterocycles. The third-order valence-corrected chi connectivity index (χ3v) is 5.87. The van der Waals surface area contributed by atoms with Crippen molar-refractivity contribution in [3.05, 3.63) is 46.2 Å². The van der Waals surface area contributed by atoms with Gasteiger partial charge in [-0.3, -0.25) is 4.79 Å². The molecule has 0 aliphatic carbocycles. The molecular formula is C24H32N6O2. The average molecular weight is 437 g/mol. The van der Waals surface area contributed by atoms with Crippen LogP contribution < -0.4 is 4.90 Å². The first-order valence-corrected chi connectivity index (χ1v) is 10.9. The Morgan fingerprint density at radius 3 is 2.47 bits per heavy atom. The largest absolute Gasteiger partial charge is 0.383 e. The van der Waals surface area contributed by atoms with E-state index < -0.39 is 0 Å². The minimum atomic E-state index is -0.225. The third-order valence-electron chi connectivity index (χ3n) is 5.87. The summed E-state index contributed by atoms with van der Waals surface area (Å²) in [5.74, 6) is 1.40.